The minimum absolute atomic E-state index is 0.0394. The van der Waals surface area contributed by atoms with Crippen molar-refractivity contribution in [2.24, 2.45) is 5.92 Å². The standard InChI is InChI=1S/C19H21FN4O6/c20-13-5-11(24-7-12(29-18(24)28)6-21-16(25)26)3-4-14(13)23-8-15-19(9-23,10-1-2-10)30-17(27)22-15/h3-5,10,12,15,21H,1-2,6-9H2,(H,22,27)(H,25,26)/t12-,15+,19+/m0/s1. The lowest BCUT2D eigenvalue weighted by Gasteiger charge is -2.27. The molecule has 3 aliphatic heterocycles. The first-order chi connectivity index (χ1) is 14.4. The maximum absolute atomic E-state index is 15.0. The molecule has 5 rings (SSSR count). The first-order valence-electron chi connectivity index (χ1n) is 9.84. The third kappa shape index (κ3) is 3.04. The SMILES string of the molecule is O=C(O)NC[C@H]1CN(c2ccc(N3C[C@H]4NC(=O)O[C@@]4(C4CC4)C3)c(F)c2)C(=O)O1. The van der Waals surface area contributed by atoms with Gasteiger partial charge in [-0.25, -0.2) is 18.8 Å². The number of nitrogens with one attached hydrogen (secondary N) is 2. The van der Waals surface area contributed by atoms with E-state index < -0.39 is 35.8 Å². The van der Waals surface area contributed by atoms with Crippen molar-refractivity contribution in [1.29, 1.82) is 0 Å². The molecule has 3 N–H and O–H groups in total. The second-order valence-corrected chi connectivity index (χ2v) is 8.13. The van der Waals surface area contributed by atoms with Crippen LogP contribution >= 0.6 is 0 Å². The van der Waals surface area contributed by atoms with Crippen LogP contribution in [0, 0.1) is 11.7 Å². The number of nitrogens with zero attached hydrogens (tertiary/aromatic N) is 2. The van der Waals surface area contributed by atoms with Crippen LogP contribution in [-0.2, 0) is 9.47 Å². The molecule has 4 fully saturated rings. The number of hydrogen-bond donors (Lipinski definition) is 3. The monoisotopic (exact) mass is 420 g/mol. The number of ether oxygens (including phenoxy) is 2. The zero-order valence-electron chi connectivity index (χ0n) is 16.0. The summed E-state index contributed by atoms with van der Waals surface area (Å²) >= 11 is 0. The molecule has 1 saturated carbocycles. The molecule has 0 spiro atoms. The van der Waals surface area contributed by atoms with Gasteiger partial charge in [-0.3, -0.25) is 4.90 Å². The first-order valence-corrected chi connectivity index (χ1v) is 9.84. The van der Waals surface area contributed by atoms with E-state index in [0.717, 1.165) is 12.8 Å². The van der Waals surface area contributed by atoms with E-state index in [1.807, 2.05) is 4.90 Å². The number of benzene rings is 1. The highest BCUT2D eigenvalue weighted by Crippen LogP contribution is 2.50. The van der Waals surface area contributed by atoms with Gasteiger partial charge in [0.05, 0.1) is 37.1 Å². The number of hydrogen-bond acceptors (Lipinski definition) is 6. The molecule has 1 aliphatic carbocycles. The summed E-state index contributed by atoms with van der Waals surface area (Å²) in [4.78, 5) is 37.6. The van der Waals surface area contributed by atoms with Crippen LogP contribution in [0.3, 0.4) is 0 Å². The third-order valence-electron chi connectivity index (χ3n) is 6.21. The van der Waals surface area contributed by atoms with E-state index in [2.05, 4.69) is 10.6 Å². The Kier molecular flexibility index (Phi) is 4.16. The second kappa shape index (κ2) is 6.64. The Balaban J connectivity index is 1.31. The second-order valence-electron chi connectivity index (χ2n) is 8.13. The zero-order valence-corrected chi connectivity index (χ0v) is 16.0. The van der Waals surface area contributed by atoms with Gasteiger partial charge in [0.2, 0.25) is 0 Å². The van der Waals surface area contributed by atoms with Gasteiger partial charge in [-0.2, -0.15) is 0 Å². The summed E-state index contributed by atoms with van der Waals surface area (Å²) < 4.78 is 25.7. The van der Waals surface area contributed by atoms with Gasteiger partial charge >= 0.3 is 18.3 Å². The highest BCUT2D eigenvalue weighted by Gasteiger charge is 2.62. The van der Waals surface area contributed by atoms with Gasteiger partial charge in [0, 0.05) is 12.5 Å². The average molecular weight is 420 g/mol. The molecule has 0 radical (unpaired) electrons. The summed E-state index contributed by atoms with van der Waals surface area (Å²) in [5.74, 6) is -0.200. The maximum Gasteiger partial charge on any atom is 0.414 e. The Bertz CT molecular complexity index is 924. The summed E-state index contributed by atoms with van der Waals surface area (Å²) in [6.07, 6.45) is -0.931. The molecule has 0 bridgehead atoms. The predicted molar refractivity (Wildman–Crippen MR) is 101 cm³/mol. The molecular formula is C19H21FN4O6. The van der Waals surface area contributed by atoms with E-state index in [4.69, 9.17) is 14.6 Å². The van der Waals surface area contributed by atoms with Gasteiger partial charge in [0.25, 0.3) is 0 Å². The van der Waals surface area contributed by atoms with Gasteiger partial charge in [-0.1, -0.05) is 0 Å². The summed E-state index contributed by atoms with van der Waals surface area (Å²) in [5, 5.41) is 13.7. The van der Waals surface area contributed by atoms with Crippen LogP contribution in [0.15, 0.2) is 18.2 Å². The van der Waals surface area contributed by atoms with Crippen molar-refractivity contribution in [2.45, 2.75) is 30.6 Å². The molecule has 3 heterocycles. The summed E-state index contributed by atoms with van der Waals surface area (Å²) in [6.45, 7) is 0.954. The highest BCUT2D eigenvalue weighted by atomic mass is 19.1. The molecule has 0 unspecified atom stereocenters. The maximum atomic E-state index is 15.0. The van der Waals surface area contributed by atoms with Crippen molar-refractivity contribution >= 4 is 29.7 Å². The summed E-state index contributed by atoms with van der Waals surface area (Å²) in [5.41, 5.74) is 0.105. The van der Waals surface area contributed by atoms with Crippen molar-refractivity contribution in [3.63, 3.8) is 0 Å². The molecule has 10 nitrogen and oxygen atoms in total. The molecule has 11 heteroatoms. The smallest absolute Gasteiger partial charge is 0.414 e. The topological polar surface area (TPSA) is 120 Å². The van der Waals surface area contributed by atoms with Gasteiger partial charge in [-0.15, -0.1) is 0 Å². The van der Waals surface area contributed by atoms with E-state index in [1.165, 1.54) is 11.0 Å². The lowest BCUT2D eigenvalue weighted by Crippen LogP contribution is -2.44. The largest absolute Gasteiger partial charge is 0.465 e. The molecular weight excluding hydrogens is 399 g/mol. The van der Waals surface area contributed by atoms with Crippen molar-refractivity contribution in [1.82, 2.24) is 10.6 Å². The van der Waals surface area contributed by atoms with Crippen molar-refractivity contribution in [2.75, 3.05) is 36.0 Å². The quantitative estimate of drug-likeness (QED) is 0.660. The minimum atomic E-state index is -1.21. The Hall–Kier alpha value is -3.24. The molecule has 1 aromatic carbocycles. The molecule has 3 saturated heterocycles. The fourth-order valence-electron chi connectivity index (χ4n) is 4.68. The van der Waals surface area contributed by atoms with Crippen LogP contribution < -0.4 is 20.4 Å². The van der Waals surface area contributed by atoms with Crippen LogP contribution in [0.1, 0.15) is 12.8 Å². The van der Waals surface area contributed by atoms with E-state index >= 15 is 0 Å². The number of carboxylic acid groups (broad SMARTS) is 1. The lowest BCUT2D eigenvalue weighted by molar-refractivity contribution is 0.0417. The van der Waals surface area contributed by atoms with Crippen LogP contribution in [0.4, 0.5) is 30.1 Å². The number of alkyl carbamates (subject to hydrolysis) is 1. The highest BCUT2D eigenvalue weighted by molar-refractivity contribution is 5.90. The van der Waals surface area contributed by atoms with Gasteiger partial charge in [-0.05, 0) is 31.0 Å². The van der Waals surface area contributed by atoms with E-state index in [9.17, 15) is 18.8 Å². The number of halogens is 1. The Morgan fingerprint density at radius 3 is 2.83 bits per heavy atom. The predicted octanol–water partition coefficient (Wildman–Crippen LogP) is 1.50. The minimum Gasteiger partial charge on any atom is -0.465 e. The number of amides is 3. The summed E-state index contributed by atoms with van der Waals surface area (Å²) in [6, 6.07) is 4.32. The van der Waals surface area contributed by atoms with Crippen molar-refractivity contribution in [3.8, 4) is 0 Å². The Morgan fingerprint density at radius 2 is 2.13 bits per heavy atom. The molecule has 160 valence electrons. The lowest BCUT2D eigenvalue weighted by atomic mass is 9.93. The van der Waals surface area contributed by atoms with Crippen LogP contribution in [0.2, 0.25) is 0 Å². The Morgan fingerprint density at radius 1 is 1.33 bits per heavy atom. The normalized spacial score (nSPS) is 30.0. The molecule has 0 aromatic heterocycles. The van der Waals surface area contributed by atoms with E-state index in [-0.39, 0.29) is 19.1 Å². The average Bonchev–Trinajstić information content (AvgIpc) is 3.29. The fourth-order valence-corrected chi connectivity index (χ4v) is 4.68. The molecule has 3 amide bonds. The summed E-state index contributed by atoms with van der Waals surface area (Å²) in [7, 11) is 0. The first kappa shape index (κ1) is 18.8. The fraction of sp³-hybridized carbons (Fsp3) is 0.526. The van der Waals surface area contributed by atoms with Gasteiger partial charge < -0.3 is 30.1 Å². The number of carbonyl (C=O) groups excluding carboxylic acids is 2. The van der Waals surface area contributed by atoms with Crippen LogP contribution in [0.5, 0.6) is 0 Å². The number of carbonyl (C=O) groups is 3. The van der Waals surface area contributed by atoms with E-state index in [0.29, 0.717) is 30.4 Å². The number of rotatable bonds is 5. The number of anilines is 2. The van der Waals surface area contributed by atoms with Crippen molar-refractivity contribution in [3.05, 3.63) is 24.0 Å². The molecule has 4 aliphatic rings. The van der Waals surface area contributed by atoms with Gasteiger partial charge in [0.15, 0.2) is 5.60 Å². The number of fused-ring (bicyclic) bond motifs is 1. The molecule has 3 atom stereocenters. The van der Waals surface area contributed by atoms with Crippen LogP contribution in [0.25, 0.3) is 0 Å². The molecule has 1 aromatic rings. The van der Waals surface area contributed by atoms with Crippen LogP contribution in [-0.4, -0.2) is 67.3 Å². The van der Waals surface area contributed by atoms with E-state index in [1.54, 1.807) is 12.1 Å². The number of cyclic esters (lactones) is 1. The molecule has 30 heavy (non-hydrogen) atoms. The third-order valence-corrected chi connectivity index (χ3v) is 6.21. The zero-order chi connectivity index (χ0) is 21.0. The van der Waals surface area contributed by atoms with Gasteiger partial charge in [0.1, 0.15) is 11.9 Å². The van der Waals surface area contributed by atoms with Crippen molar-refractivity contribution < 1.29 is 33.4 Å². The Labute approximate surface area is 170 Å².